The maximum absolute atomic E-state index is 11.2. The predicted molar refractivity (Wildman–Crippen MR) is 44.6 cm³/mol. The molecule has 0 aliphatic carbocycles. The van der Waals surface area contributed by atoms with Gasteiger partial charge in [-0.2, -0.15) is 9.71 Å². The molecule has 0 radical (unpaired) electrons. The number of hydrogen-bond acceptors (Lipinski definition) is 4. The summed E-state index contributed by atoms with van der Waals surface area (Å²) in [6.07, 6.45) is 2.73. The minimum atomic E-state index is -0.353. The third kappa shape index (κ3) is 1.07. The first-order valence-corrected chi connectivity index (χ1v) is 3.86. The van der Waals surface area contributed by atoms with Gasteiger partial charge in [0.25, 0.3) is 0 Å². The van der Waals surface area contributed by atoms with Crippen molar-refractivity contribution in [1.29, 1.82) is 0 Å². The SMILES string of the molecule is CCn1cc2c(ncn2O)nc1=O. The normalized spacial score (nSPS) is 10.8. The van der Waals surface area contributed by atoms with E-state index in [2.05, 4.69) is 9.97 Å². The molecule has 0 amide bonds. The summed E-state index contributed by atoms with van der Waals surface area (Å²) in [6.45, 7) is 2.35. The summed E-state index contributed by atoms with van der Waals surface area (Å²) in [7, 11) is 0. The van der Waals surface area contributed by atoms with Crippen molar-refractivity contribution >= 4 is 11.2 Å². The molecule has 0 unspecified atom stereocenters. The van der Waals surface area contributed by atoms with Crippen molar-refractivity contribution < 1.29 is 5.21 Å². The van der Waals surface area contributed by atoms with E-state index in [-0.39, 0.29) is 11.3 Å². The standard InChI is InChI=1S/C7H8N4O2/c1-2-10-3-5-6(9-7(10)12)8-4-11(5)13/h3-4,13H,2H2,1H3. The van der Waals surface area contributed by atoms with Crippen LogP contribution in [0.3, 0.4) is 0 Å². The lowest BCUT2D eigenvalue weighted by Crippen LogP contribution is -2.21. The van der Waals surface area contributed by atoms with Crippen LogP contribution in [0.4, 0.5) is 0 Å². The molecule has 0 saturated heterocycles. The maximum atomic E-state index is 11.2. The van der Waals surface area contributed by atoms with Gasteiger partial charge in [-0.05, 0) is 6.92 Å². The first-order valence-electron chi connectivity index (χ1n) is 3.86. The monoisotopic (exact) mass is 180 g/mol. The van der Waals surface area contributed by atoms with Gasteiger partial charge in [0.2, 0.25) is 0 Å². The van der Waals surface area contributed by atoms with Crippen molar-refractivity contribution in [2.45, 2.75) is 13.5 Å². The molecule has 0 spiro atoms. The average Bonchev–Trinajstić information content (AvgIpc) is 2.46. The highest BCUT2D eigenvalue weighted by atomic mass is 16.5. The molecule has 0 bridgehead atoms. The number of rotatable bonds is 1. The van der Waals surface area contributed by atoms with Crippen LogP contribution in [-0.2, 0) is 6.54 Å². The van der Waals surface area contributed by atoms with Gasteiger partial charge in [0.05, 0.1) is 0 Å². The molecule has 0 saturated carbocycles. The van der Waals surface area contributed by atoms with Gasteiger partial charge in [0, 0.05) is 12.7 Å². The Morgan fingerprint density at radius 3 is 3.08 bits per heavy atom. The van der Waals surface area contributed by atoms with Crippen LogP contribution in [0.2, 0.25) is 0 Å². The molecule has 6 nitrogen and oxygen atoms in total. The number of aromatic nitrogens is 4. The molecular weight excluding hydrogens is 172 g/mol. The van der Waals surface area contributed by atoms with Crippen LogP contribution >= 0.6 is 0 Å². The second-order valence-electron chi connectivity index (χ2n) is 2.61. The number of imidazole rings is 1. The van der Waals surface area contributed by atoms with E-state index in [0.717, 1.165) is 4.73 Å². The van der Waals surface area contributed by atoms with Crippen molar-refractivity contribution in [2.24, 2.45) is 0 Å². The molecule has 13 heavy (non-hydrogen) atoms. The Hall–Kier alpha value is -1.85. The highest BCUT2D eigenvalue weighted by molar-refractivity contribution is 5.68. The Bertz CT molecular complexity index is 499. The van der Waals surface area contributed by atoms with Gasteiger partial charge in [-0.15, -0.1) is 0 Å². The van der Waals surface area contributed by atoms with Crippen LogP contribution in [0.25, 0.3) is 11.2 Å². The van der Waals surface area contributed by atoms with Crippen molar-refractivity contribution in [3.05, 3.63) is 23.0 Å². The van der Waals surface area contributed by atoms with E-state index >= 15 is 0 Å². The molecule has 0 atom stereocenters. The van der Waals surface area contributed by atoms with Crippen molar-refractivity contribution in [1.82, 2.24) is 19.3 Å². The molecule has 0 fully saturated rings. The fraction of sp³-hybridized carbons (Fsp3) is 0.286. The topological polar surface area (TPSA) is 72.9 Å². The fourth-order valence-electron chi connectivity index (χ4n) is 1.13. The maximum Gasteiger partial charge on any atom is 0.349 e. The smallest absolute Gasteiger partial charge is 0.349 e. The highest BCUT2D eigenvalue weighted by Gasteiger charge is 2.05. The van der Waals surface area contributed by atoms with Crippen LogP contribution in [0.5, 0.6) is 0 Å². The van der Waals surface area contributed by atoms with Crippen LogP contribution in [0.1, 0.15) is 6.92 Å². The minimum absolute atomic E-state index is 0.261. The molecule has 1 N–H and O–H groups in total. The fourth-order valence-corrected chi connectivity index (χ4v) is 1.13. The van der Waals surface area contributed by atoms with E-state index in [1.165, 1.54) is 17.1 Å². The van der Waals surface area contributed by atoms with Gasteiger partial charge < -0.3 is 5.21 Å². The Balaban J connectivity index is 2.85. The molecule has 6 heteroatoms. The zero-order valence-corrected chi connectivity index (χ0v) is 7.01. The molecule has 68 valence electrons. The van der Waals surface area contributed by atoms with E-state index in [9.17, 15) is 10.0 Å². The van der Waals surface area contributed by atoms with Gasteiger partial charge >= 0.3 is 5.69 Å². The number of hydrogen-bond donors (Lipinski definition) is 1. The van der Waals surface area contributed by atoms with E-state index < -0.39 is 0 Å². The molecule has 2 heterocycles. The number of nitrogens with zero attached hydrogens (tertiary/aromatic N) is 4. The number of fused-ring (bicyclic) bond motifs is 1. The average molecular weight is 180 g/mol. The third-order valence-electron chi connectivity index (χ3n) is 1.83. The van der Waals surface area contributed by atoms with E-state index in [4.69, 9.17) is 0 Å². The summed E-state index contributed by atoms with van der Waals surface area (Å²) in [6, 6.07) is 0. The molecule has 2 aromatic heterocycles. The van der Waals surface area contributed by atoms with Crippen LogP contribution in [0.15, 0.2) is 17.3 Å². The van der Waals surface area contributed by atoms with Gasteiger partial charge in [0.1, 0.15) is 11.8 Å². The summed E-state index contributed by atoms with van der Waals surface area (Å²) >= 11 is 0. The van der Waals surface area contributed by atoms with E-state index in [1.807, 2.05) is 6.92 Å². The molecule has 0 aliphatic heterocycles. The van der Waals surface area contributed by atoms with E-state index in [1.54, 1.807) is 0 Å². The Kier molecular flexibility index (Phi) is 1.54. The highest BCUT2D eigenvalue weighted by Crippen LogP contribution is 2.04. The van der Waals surface area contributed by atoms with Crippen LogP contribution in [0, 0.1) is 0 Å². The molecule has 2 aromatic rings. The van der Waals surface area contributed by atoms with Gasteiger partial charge in [0.15, 0.2) is 5.65 Å². The zero-order chi connectivity index (χ0) is 9.42. The van der Waals surface area contributed by atoms with Crippen LogP contribution < -0.4 is 5.69 Å². The van der Waals surface area contributed by atoms with Gasteiger partial charge in [-0.3, -0.25) is 4.57 Å². The largest absolute Gasteiger partial charge is 0.427 e. The Morgan fingerprint density at radius 2 is 2.38 bits per heavy atom. The zero-order valence-electron chi connectivity index (χ0n) is 7.01. The summed E-state index contributed by atoms with van der Waals surface area (Å²) in [5.41, 5.74) is 0.340. The molecule has 0 aromatic carbocycles. The lowest BCUT2D eigenvalue weighted by atomic mass is 10.5. The number of aryl methyl sites for hydroxylation is 1. The first-order chi connectivity index (χ1) is 6.22. The van der Waals surface area contributed by atoms with Gasteiger partial charge in [-0.25, -0.2) is 9.78 Å². The van der Waals surface area contributed by atoms with Crippen molar-refractivity contribution in [2.75, 3.05) is 0 Å². The summed E-state index contributed by atoms with van der Waals surface area (Å²) in [4.78, 5) is 18.6. The summed E-state index contributed by atoms with van der Waals surface area (Å²) < 4.78 is 2.24. The Morgan fingerprint density at radius 1 is 1.62 bits per heavy atom. The second kappa shape index (κ2) is 2.58. The summed E-state index contributed by atoms with van der Waals surface area (Å²) in [5, 5.41) is 9.22. The minimum Gasteiger partial charge on any atom is -0.427 e. The molecule has 0 aliphatic rings. The predicted octanol–water partition coefficient (Wildman–Crippen LogP) is -0.150. The molecule has 2 rings (SSSR count). The van der Waals surface area contributed by atoms with Gasteiger partial charge in [-0.1, -0.05) is 0 Å². The quantitative estimate of drug-likeness (QED) is 0.619. The first kappa shape index (κ1) is 7.78. The lowest BCUT2D eigenvalue weighted by Gasteiger charge is -1.99. The Labute approximate surface area is 73.0 Å². The van der Waals surface area contributed by atoms with E-state index in [0.29, 0.717) is 12.1 Å². The third-order valence-corrected chi connectivity index (χ3v) is 1.83. The summed E-state index contributed by atoms with van der Waals surface area (Å²) in [5.74, 6) is 0. The lowest BCUT2D eigenvalue weighted by molar-refractivity contribution is 0.197. The van der Waals surface area contributed by atoms with Crippen LogP contribution in [-0.4, -0.2) is 24.5 Å². The second-order valence-corrected chi connectivity index (χ2v) is 2.61. The molecular formula is C7H8N4O2. The van der Waals surface area contributed by atoms with Crippen molar-refractivity contribution in [3.8, 4) is 0 Å². The van der Waals surface area contributed by atoms with Crippen molar-refractivity contribution in [3.63, 3.8) is 0 Å².